The van der Waals surface area contributed by atoms with Gasteiger partial charge in [0.2, 0.25) is 0 Å². The van der Waals surface area contributed by atoms with Crippen LogP contribution < -0.4 is 0 Å². The molecule has 5 atom stereocenters. The van der Waals surface area contributed by atoms with E-state index in [-0.39, 0.29) is 54.1 Å². The number of ether oxygens (including phenoxy) is 2. The average Bonchev–Trinajstić information content (AvgIpc) is 2.75. The minimum atomic E-state index is -1.77. The molecule has 2 aliphatic carbocycles. The second-order valence-corrected chi connectivity index (χ2v) is 9.20. The van der Waals surface area contributed by atoms with Gasteiger partial charge >= 0.3 is 5.97 Å². The summed E-state index contributed by atoms with van der Waals surface area (Å²) in [5.41, 5.74) is -1.77. The number of hydrogen-bond acceptors (Lipinski definition) is 11. The first-order chi connectivity index (χ1) is 16.2. The highest BCUT2D eigenvalue weighted by atomic mass is 16.6. The maximum atomic E-state index is 12.9. The van der Waals surface area contributed by atoms with Gasteiger partial charge in [-0.15, -0.1) is 0 Å². The SMILES string of the molecule is C=C1O[C@H](C2CC(O)=C(O)C(C)(O)C2)[C@H](OC(=O)C2=CC(O)=C(O)[C@@H](O)C2)C/C1=C(O)/C=C(\C)O. The summed E-state index contributed by atoms with van der Waals surface area (Å²) < 4.78 is 11.5. The fourth-order valence-corrected chi connectivity index (χ4v) is 4.48. The minimum absolute atomic E-state index is 0.0213. The Kier molecular flexibility index (Phi) is 7.13. The fourth-order valence-electron chi connectivity index (χ4n) is 4.48. The van der Waals surface area contributed by atoms with Crippen LogP contribution in [0.3, 0.4) is 0 Å². The summed E-state index contributed by atoms with van der Waals surface area (Å²) in [6, 6.07) is 0. The van der Waals surface area contributed by atoms with Crippen molar-refractivity contribution in [2.75, 3.05) is 0 Å². The summed E-state index contributed by atoms with van der Waals surface area (Å²) in [6.45, 7) is 6.43. The van der Waals surface area contributed by atoms with E-state index >= 15 is 0 Å². The van der Waals surface area contributed by atoms with E-state index in [4.69, 9.17) is 9.47 Å². The van der Waals surface area contributed by atoms with Crippen molar-refractivity contribution in [3.8, 4) is 0 Å². The standard InChI is InChI=1S/C24H30O11/c1-10(25)4-15(26)14-8-19(35-23(32)12-5-16(27)20(30)17(28)6-12)21(34-11(14)2)13-7-18(29)22(31)24(3,33)9-13/h4-5,13,17,19,21,25-31,33H,2,6-9H2,1,3H3/b10-4+,15-14+/t13?,17-,19+,21+,24?/m0/s1. The molecule has 11 heteroatoms. The van der Waals surface area contributed by atoms with Crippen LogP contribution in [0.1, 0.15) is 39.5 Å². The molecule has 3 aliphatic rings. The van der Waals surface area contributed by atoms with Gasteiger partial charge in [0.1, 0.15) is 41.2 Å². The Morgan fingerprint density at radius 1 is 1.20 bits per heavy atom. The number of carbonyl (C=O) groups excluding carboxylic acids is 1. The first-order valence-corrected chi connectivity index (χ1v) is 10.9. The minimum Gasteiger partial charge on any atom is -0.512 e. The molecule has 0 spiro atoms. The van der Waals surface area contributed by atoms with E-state index in [1.165, 1.54) is 13.8 Å². The average molecular weight is 494 g/mol. The third-order valence-corrected chi connectivity index (χ3v) is 6.23. The molecule has 3 rings (SSSR count). The van der Waals surface area contributed by atoms with Gasteiger partial charge in [-0.25, -0.2) is 4.79 Å². The predicted octanol–water partition coefficient (Wildman–Crippen LogP) is 2.98. The molecular formula is C24H30O11. The summed E-state index contributed by atoms with van der Waals surface area (Å²) in [6.07, 6.45) is -2.17. The van der Waals surface area contributed by atoms with E-state index in [1.54, 1.807) is 0 Å². The molecule has 8 N–H and O–H groups in total. The van der Waals surface area contributed by atoms with E-state index in [2.05, 4.69) is 6.58 Å². The Morgan fingerprint density at radius 2 is 1.86 bits per heavy atom. The number of esters is 1. The highest BCUT2D eigenvalue weighted by Gasteiger charge is 2.47. The van der Waals surface area contributed by atoms with Crippen LogP contribution in [0.5, 0.6) is 0 Å². The summed E-state index contributed by atoms with van der Waals surface area (Å²) >= 11 is 0. The second-order valence-electron chi connectivity index (χ2n) is 9.20. The molecule has 0 aromatic heterocycles. The van der Waals surface area contributed by atoms with Crippen LogP contribution >= 0.6 is 0 Å². The maximum Gasteiger partial charge on any atom is 0.334 e. The normalized spacial score (nSPS) is 33.8. The van der Waals surface area contributed by atoms with E-state index in [9.17, 15) is 45.6 Å². The zero-order valence-electron chi connectivity index (χ0n) is 19.3. The molecule has 0 aromatic carbocycles. The molecule has 0 saturated carbocycles. The first-order valence-electron chi connectivity index (χ1n) is 10.9. The van der Waals surface area contributed by atoms with Crippen LogP contribution in [-0.4, -0.2) is 70.7 Å². The zero-order chi connectivity index (χ0) is 26.2. The van der Waals surface area contributed by atoms with Gasteiger partial charge in [0.25, 0.3) is 0 Å². The van der Waals surface area contributed by atoms with Crippen molar-refractivity contribution >= 4 is 5.97 Å². The molecule has 0 amide bonds. The lowest BCUT2D eigenvalue weighted by Gasteiger charge is -2.42. The Morgan fingerprint density at radius 3 is 2.43 bits per heavy atom. The summed E-state index contributed by atoms with van der Waals surface area (Å²) in [5, 5.41) is 79.9. The van der Waals surface area contributed by atoms with Crippen molar-refractivity contribution < 1.29 is 55.1 Å². The van der Waals surface area contributed by atoms with E-state index in [0.29, 0.717) is 0 Å². The van der Waals surface area contributed by atoms with Gasteiger partial charge in [-0.2, -0.15) is 0 Å². The summed E-state index contributed by atoms with van der Waals surface area (Å²) in [5.74, 6) is -4.52. The lowest BCUT2D eigenvalue weighted by Crippen LogP contribution is -2.48. The number of allylic oxidation sites excluding steroid dienone is 5. The molecule has 35 heavy (non-hydrogen) atoms. The monoisotopic (exact) mass is 494 g/mol. The molecule has 1 heterocycles. The van der Waals surface area contributed by atoms with Crippen LogP contribution in [0.15, 0.2) is 70.2 Å². The predicted molar refractivity (Wildman–Crippen MR) is 121 cm³/mol. The van der Waals surface area contributed by atoms with Crippen LogP contribution in [0.25, 0.3) is 0 Å². The molecule has 0 radical (unpaired) electrons. The lowest BCUT2D eigenvalue weighted by molar-refractivity contribution is -0.159. The third-order valence-electron chi connectivity index (χ3n) is 6.23. The highest BCUT2D eigenvalue weighted by molar-refractivity contribution is 5.89. The first kappa shape index (κ1) is 26.0. The van der Waals surface area contributed by atoms with Crippen LogP contribution in [0, 0.1) is 5.92 Å². The third kappa shape index (κ3) is 5.41. The van der Waals surface area contributed by atoms with Crippen molar-refractivity contribution in [2.45, 2.75) is 63.4 Å². The molecule has 1 fully saturated rings. The van der Waals surface area contributed by atoms with Gasteiger partial charge in [0.05, 0.1) is 5.76 Å². The number of aliphatic hydroxyl groups is 8. The molecular weight excluding hydrogens is 464 g/mol. The Hall–Kier alpha value is -3.57. The van der Waals surface area contributed by atoms with Gasteiger partial charge in [-0.05, 0) is 26.3 Å². The molecule has 1 saturated heterocycles. The summed E-state index contributed by atoms with van der Waals surface area (Å²) in [4.78, 5) is 12.9. The molecule has 11 nitrogen and oxygen atoms in total. The molecule has 192 valence electrons. The van der Waals surface area contributed by atoms with Crippen LogP contribution in [0.4, 0.5) is 0 Å². The zero-order valence-corrected chi connectivity index (χ0v) is 19.3. The van der Waals surface area contributed by atoms with Crippen molar-refractivity contribution in [1.82, 2.24) is 0 Å². The van der Waals surface area contributed by atoms with Crippen molar-refractivity contribution in [2.24, 2.45) is 5.92 Å². The van der Waals surface area contributed by atoms with Gasteiger partial charge in [0.15, 0.2) is 17.3 Å². The highest BCUT2D eigenvalue weighted by Crippen LogP contribution is 2.43. The van der Waals surface area contributed by atoms with Crippen molar-refractivity contribution in [1.29, 1.82) is 0 Å². The van der Waals surface area contributed by atoms with Crippen molar-refractivity contribution in [3.05, 3.63) is 70.2 Å². The second kappa shape index (κ2) is 9.59. The number of aliphatic hydroxyl groups excluding tert-OH is 7. The van der Waals surface area contributed by atoms with Gasteiger partial charge in [0, 0.05) is 42.4 Å². The van der Waals surface area contributed by atoms with E-state index in [0.717, 1.165) is 12.2 Å². The molecule has 1 aliphatic heterocycles. The number of hydrogen-bond donors (Lipinski definition) is 8. The summed E-state index contributed by atoms with van der Waals surface area (Å²) in [7, 11) is 0. The quantitative estimate of drug-likeness (QED) is 0.211. The smallest absolute Gasteiger partial charge is 0.334 e. The van der Waals surface area contributed by atoms with Gasteiger partial charge < -0.3 is 50.3 Å². The Labute approximate surface area is 201 Å². The fraction of sp³-hybridized carbons (Fsp3) is 0.458. The lowest BCUT2D eigenvalue weighted by atomic mass is 9.76. The molecule has 2 unspecified atom stereocenters. The Balaban J connectivity index is 1.95. The maximum absolute atomic E-state index is 12.9. The van der Waals surface area contributed by atoms with Crippen LogP contribution in [-0.2, 0) is 14.3 Å². The topological polar surface area (TPSA) is 197 Å². The Bertz CT molecular complexity index is 1070. The van der Waals surface area contributed by atoms with Crippen LogP contribution in [0.2, 0.25) is 0 Å². The molecule has 0 aromatic rings. The number of carbonyl (C=O) groups is 1. The molecule has 0 bridgehead atoms. The van der Waals surface area contributed by atoms with E-state index < -0.39 is 58.8 Å². The number of rotatable bonds is 4. The largest absolute Gasteiger partial charge is 0.512 e. The van der Waals surface area contributed by atoms with Gasteiger partial charge in [-0.1, -0.05) is 6.58 Å². The van der Waals surface area contributed by atoms with Gasteiger partial charge in [-0.3, -0.25) is 0 Å². The van der Waals surface area contributed by atoms with Crippen molar-refractivity contribution in [3.63, 3.8) is 0 Å². The van der Waals surface area contributed by atoms with E-state index in [1.807, 2.05) is 0 Å².